The van der Waals surface area contributed by atoms with Crippen LogP contribution in [0.5, 0.6) is 0 Å². The fourth-order valence-corrected chi connectivity index (χ4v) is 2.53. The molecule has 0 bridgehead atoms. The molecule has 1 fully saturated rings. The molecule has 1 aromatic carbocycles. The molecular weight excluding hydrogens is 266 g/mol. The Balaban J connectivity index is 1.93. The van der Waals surface area contributed by atoms with Crippen LogP contribution in [-0.4, -0.2) is 68.8 Å². The Kier molecular flexibility index (Phi) is 6.02. The van der Waals surface area contributed by atoms with Crippen molar-refractivity contribution < 1.29 is 9.53 Å². The lowest BCUT2D eigenvalue weighted by Gasteiger charge is -2.30. The minimum absolute atomic E-state index is 0.0149. The molecule has 1 aliphatic heterocycles. The maximum absolute atomic E-state index is 12.3. The van der Waals surface area contributed by atoms with Gasteiger partial charge in [0.05, 0.1) is 13.2 Å². The van der Waals surface area contributed by atoms with Gasteiger partial charge in [-0.15, -0.1) is 0 Å². The van der Waals surface area contributed by atoms with Crippen molar-refractivity contribution in [2.75, 3.05) is 46.9 Å². The molecule has 2 amide bonds. The normalized spacial score (nSPS) is 16.8. The molecule has 0 saturated carbocycles. The number of hydrogen-bond donors (Lipinski definition) is 1. The smallest absolute Gasteiger partial charge is 0.317 e. The van der Waals surface area contributed by atoms with E-state index in [1.807, 2.05) is 37.2 Å². The molecule has 1 N–H and O–H groups in total. The van der Waals surface area contributed by atoms with Gasteiger partial charge < -0.3 is 19.9 Å². The minimum atomic E-state index is 0.0149. The van der Waals surface area contributed by atoms with Crippen LogP contribution in [0.3, 0.4) is 0 Å². The topological polar surface area (TPSA) is 44.8 Å². The molecule has 0 spiro atoms. The third-order valence-electron chi connectivity index (χ3n) is 3.54. The van der Waals surface area contributed by atoms with Gasteiger partial charge in [0.2, 0.25) is 0 Å². The highest BCUT2D eigenvalue weighted by Gasteiger charge is 2.20. The van der Waals surface area contributed by atoms with Crippen LogP contribution < -0.4 is 5.32 Å². The number of urea groups is 1. The number of likely N-dealkylation sites (N-methyl/N-ethyl adjacent to an activating group) is 1. The number of carbonyl (C=O) groups excluding carboxylic acids is 1. The number of morpholine rings is 1. The summed E-state index contributed by atoms with van der Waals surface area (Å²) < 4.78 is 5.29. The van der Waals surface area contributed by atoms with Crippen LogP contribution in [-0.2, 0) is 11.2 Å². The van der Waals surface area contributed by atoms with E-state index >= 15 is 0 Å². The number of rotatable bonds is 5. The quantitative estimate of drug-likeness (QED) is 0.886. The first-order valence-corrected chi connectivity index (χ1v) is 7.47. The van der Waals surface area contributed by atoms with Crippen LogP contribution in [0.4, 0.5) is 4.79 Å². The number of ether oxygens (including phenoxy) is 1. The molecule has 1 unspecified atom stereocenters. The van der Waals surface area contributed by atoms with Crippen LogP contribution in [0.2, 0.25) is 0 Å². The van der Waals surface area contributed by atoms with Gasteiger partial charge in [-0.3, -0.25) is 0 Å². The van der Waals surface area contributed by atoms with Crippen LogP contribution in [0.1, 0.15) is 5.56 Å². The van der Waals surface area contributed by atoms with Crippen LogP contribution >= 0.6 is 0 Å². The molecule has 1 aliphatic rings. The van der Waals surface area contributed by atoms with Crippen molar-refractivity contribution >= 4 is 6.03 Å². The second-order valence-corrected chi connectivity index (χ2v) is 5.70. The lowest BCUT2D eigenvalue weighted by Crippen LogP contribution is -2.52. The molecule has 1 heterocycles. The minimum Gasteiger partial charge on any atom is -0.378 e. The van der Waals surface area contributed by atoms with E-state index in [1.165, 1.54) is 5.56 Å². The van der Waals surface area contributed by atoms with Crippen LogP contribution in [0, 0.1) is 0 Å². The highest BCUT2D eigenvalue weighted by atomic mass is 16.5. The van der Waals surface area contributed by atoms with Crippen molar-refractivity contribution in [3.8, 4) is 0 Å². The SMILES string of the molecule is CN(C)CC(Cc1ccccc1)NC(=O)N1CCOCC1. The van der Waals surface area contributed by atoms with E-state index in [2.05, 4.69) is 22.3 Å². The van der Waals surface area contributed by atoms with Crippen molar-refractivity contribution in [3.05, 3.63) is 35.9 Å². The van der Waals surface area contributed by atoms with Gasteiger partial charge in [0.1, 0.15) is 0 Å². The maximum Gasteiger partial charge on any atom is 0.317 e. The zero-order chi connectivity index (χ0) is 15.1. The molecule has 1 atom stereocenters. The van der Waals surface area contributed by atoms with Crippen LogP contribution in [0.15, 0.2) is 30.3 Å². The molecule has 116 valence electrons. The molecule has 5 nitrogen and oxygen atoms in total. The highest BCUT2D eigenvalue weighted by molar-refractivity contribution is 5.74. The standard InChI is InChI=1S/C16H25N3O2/c1-18(2)13-15(12-14-6-4-3-5-7-14)17-16(20)19-8-10-21-11-9-19/h3-7,15H,8-13H2,1-2H3,(H,17,20). The molecule has 1 saturated heterocycles. The Morgan fingerprint density at radius 1 is 1.29 bits per heavy atom. The van der Waals surface area contributed by atoms with Crippen molar-refractivity contribution in [3.63, 3.8) is 0 Å². The van der Waals surface area contributed by atoms with Gasteiger partial charge in [-0.1, -0.05) is 30.3 Å². The van der Waals surface area contributed by atoms with Gasteiger partial charge in [0.15, 0.2) is 0 Å². The van der Waals surface area contributed by atoms with E-state index in [9.17, 15) is 4.79 Å². The van der Waals surface area contributed by atoms with Gasteiger partial charge >= 0.3 is 6.03 Å². The number of amides is 2. The molecule has 0 radical (unpaired) electrons. The predicted molar refractivity (Wildman–Crippen MR) is 83.4 cm³/mol. The Morgan fingerprint density at radius 2 is 1.95 bits per heavy atom. The lowest BCUT2D eigenvalue weighted by atomic mass is 10.1. The summed E-state index contributed by atoms with van der Waals surface area (Å²) in [6, 6.07) is 10.4. The highest BCUT2D eigenvalue weighted by Crippen LogP contribution is 2.05. The third kappa shape index (κ3) is 5.36. The van der Waals surface area contributed by atoms with Crippen LogP contribution in [0.25, 0.3) is 0 Å². The van der Waals surface area contributed by atoms with Gasteiger partial charge in [-0.25, -0.2) is 4.79 Å². The summed E-state index contributed by atoms with van der Waals surface area (Å²) in [5.41, 5.74) is 1.24. The summed E-state index contributed by atoms with van der Waals surface area (Å²) in [5, 5.41) is 3.16. The molecular formula is C16H25N3O2. The summed E-state index contributed by atoms with van der Waals surface area (Å²) in [6.45, 7) is 3.43. The lowest BCUT2D eigenvalue weighted by molar-refractivity contribution is 0.0522. The third-order valence-corrected chi connectivity index (χ3v) is 3.54. The summed E-state index contributed by atoms with van der Waals surface area (Å²) >= 11 is 0. The van der Waals surface area contributed by atoms with Gasteiger partial charge in [0, 0.05) is 25.7 Å². The molecule has 0 aliphatic carbocycles. The Morgan fingerprint density at radius 3 is 2.57 bits per heavy atom. The van der Waals surface area contributed by atoms with Crippen molar-refractivity contribution in [1.29, 1.82) is 0 Å². The number of benzene rings is 1. The van der Waals surface area contributed by atoms with Crippen molar-refractivity contribution in [2.45, 2.75) is 12.5 Å². The summed E-state index contributed by atoms with van der Waals surface area (Å²) in [4.78, 5) is 16.3. The zero-order valence-corrected chi connectivity index (χ0v) is 12.9. The Labute approximate surface area is 126 Å². The van der Waals surface area contributed by atoms with Gasteiger partial charge in [-0.05, 0) is 26.1 Å². The fraction of sp³-hybridized carbons (Fsp3) is 0.562. The largest absolute Gasteiger partial charge is 0.378 e. The molecule has 1 aromatic rings. The van der Waals surface area contributed by atoms with E-state index in [-0.39, 0.29) is 12.1 Å². The average Bonchev–Trinajstić information content (AvgIpc) is 2.48. The average molecular weight is 291 g/mol. The first kappa shape index (κ1) is 15.8. The monoisotopic (exact) mass is 291 g/mol. The van der Waals surface area contributed by atoms with Gasteiger partial charge in [-0.2, -0.15) is 0 Å². The summed E-state index contributed by atoms with van der Waals surface area (Å²) in [7, 11) is 4.05. The van der Waals surface area contributed by atoms with Gasteiger partial charge in [0.25, 0.3) is 0 Å². The predicted octanol–water partition coefficient (Wildman–Crippen LogP) is 1.20. The first-order valence-electron chi connectivity index (χ1n) is 7.47. The molecule has 2 rings (SSSR count). The molecule has 21 heavy (non-hydrogen) atoms. The second kappa shape index (κ2) is 8.00. The number of carbonyl (C=O) groups is 1. The maximum atomic E-state index is 12.3. The molecule has 0 aromatic heterocycles. The Bertz CT molecular complexity index is 430. The number of hydrogen-bond acceptors (Lipinski definition) is 3. The van der Waals surface area contributed by atoms with E-state index in [0.717, 1.165) is 13.0 Å². The first-order chi connectivity index (χ1) is 10.1. The number of nitrogens with zero attached hydrogens (tertiary/aromatic N) is 2. The molecule has 5 heteroatoms. The van der Waals surface area contributed by atoms with E-state index in [4.69, 9.17) is 4.74 Å². The second-order valence-electron chi connectivity index (χ2n) is 5.70. The van der Waals surface area contributed by atoms with Crippen molar-refractivity contribution in [2.24, 2.45) is 0 Å². The summed E-state index contributed by atoms with van der Waals surface area (Å²) in [6.07, 6.45) is 0.842. The summed E-state index contributed by atoms with van der Waals surface area (Å²) in [5.74, 6) is 0. The van der Waals surface area contributed by atoms with E-state index in [1.54, 1.807) is 0 Å². The Hall–Kier alpha value is -1.59. The zero-order valence-electron chi connectivity index (χ0n) is 12.9. The van der Waals surface area contributed by atoms with E-state index in [0.29, 0.717) is 26.3 Å². The fourth-order valence-electron chi connectivity index (χ4n) is 2.53. The van der Waals surface area contributed by atoms with Crippen molar-refractivity contribution in [1.82, 2.24) is 15.1 Å². The number of nitrogens with one attached hydrogen (secondary N) is 1. The van der Waals surface area contributed by atoms with E-state index < -0.39 is 0 Å².